The number of benzene rings is 1. The normalized spacial score (nSPS) is 10.9. The maximum Gasteiger partial charge on any atom is 0.251 e. The molecule has 0 heterocycles. The van der Waals surface area contributed by atoms with Gasteiger partial charge in [0.15, 0.2) is 9.84 Å². The van der Waals surface area contributed by atoms with Crippen molar-refractivity contribution in [3.05, 3.63) is 23.8 Å². The summed E-state index contributed by atoms with van der Waals surface area (Å²) >= 11 is 0. The fourth-order valence-electron chi connectivity index (χ4n) is 1.49. The highest BCUT2D eigenvalue weighted by Crippen LogP contribution is 2.16. The third kappa shape index (κ3) is 4.54. The Morgan fingerprint density at radius 1 is 1.20 bits per heavy atom. The lowest BCUT2D eigenvalue weighted by Gasteiger charge is -2.08. The summed E-state index contributed by atoms with van der Waals surface area (Å²) < 4.78 is 22.9. The second-order valence-electron chi connectivity index (χ2n) is 4.20. The summed E-state index contributed by atoms with van der Waals surface area (Å²) in [4.78, 5) is 23.0. The van der Waals surface area contributed by atoms with Crippen molar-refractivity contribution in [2.75, 3.05) is 25.1 Å². The third-order valence-electron chi connectivity index (χ3n) is 2.40. The Morgan fingerprint density at radius 3 is 2.40 bits per heavy atom. The summed E-state index contributed by atoms with van der Waals surface area (Å²) in [5.41, 5.74) is 5.83. The van der Waals surface area contributed by atoms with Gasteiger partial charge < -0.3 is 16.4 Å². The van der Waals surface area contributed by atoms with Gasteiger partial charge >= 0.3 is 0 Å². The van der Waals surface area contributed by atoms with Crippen LogP contribution in [0.4, 0.5) is 5.69 Å². The predicted molar refractivity (Wildman–Crippen MR) is 75.0 cm³/mol. The van der Waals surface area contributed by atoms with Crippen molar-refractivity contribution in [2.45, 2.75) is 11.8 Å². The number of nitrogens with two attached hydrogens (primary N) is 1. The monoisotopic (exact) mass is 299 g/mol. The molecule has 0 saturated heterocycles. The Morgan fingerprint density at radius 2 is 1.85 bits per heavy atom. The van der Waals surface area contributed by atoms with Crippen LogP contribution < -0.4 is 16.4 Å². The van der Waals surface area contributed by atoms with Crippen LogP contribution in [-0.2, 0) is 14.6 Å². The number of hydrogen-bond donors (Lipinski definition) is 3. The maximum atomic E-state index is 11.8. The zero-order valence-corrected chi connectivity index (χ0v) is 12.1. The fraction of sp³-hybridized carbons (Fsp3) is 0.333. The van der Waals surface area contributed by atoms with E-state index in [2.05, 4.69) is 10.6 Å². The minimum absolute atomic E-state index is 0.0411. The van der Waals surface area contributed by atoms with Gasteiger partial charge in [0.05, 0.1) is 11.4 Å². The molecule has 0 atom stereocenters. The molecule has 20 heavy (non-hydrogen) atoms. The number of nitrogens with one attached hydrogen (secondary N) is 2. The first-order valence-corrected chi connectivity index (χ1v) is 7.78. The number of hydrogen-bond acceptors (Lipinski definition) is 5. The molecule has 4 N–H and O–H groups in total. The summed E-state index contributed by atoms with van der Waals surface area (Å²) in [6.07, 6.45) is 1.03. The van der Waals surface area contributed by atoms with Gasteiger partial charge in [0.1, 0.15) is 0 Å². The van der Waals surface area contributed by atoms with Crippen LogP contribution in [0.2, 0.25) is 0 Å². The Balaban J connectivity index is 2.89. The van der Waals surface area contributed by atoms with E-state index in [1.807, 2.05) is 0 Å². The average molecular weight is 299 g/mol. The molecule has 0 aliphatic rings. The van der Waals surface area contributed by atoms with Crippen molar-refractivity contribution < 1.29 is 18.0 Å². The van der Waals surface area contributed by atoms with Crippen molar-refractivity contribution in [3.8, 4) is 0 Å². The molecule has 0 aromatic heterocycles. The van der Waals surface area contributed by atoms with Gasteiger partial charge in [-0.25, -0.2) is 8.42 Å². The van der Waals surface area contributed by atoms with Crippen LogP contribution in [0.5, 0.6) is 0 Å². The second-order valence-corrected chi connectivity index (χ2v) is 6.21. The van der Waals surface area contributed by atoms with Crippen LogP contribution in [-0.4, -0.2) is 39.6 Å². The van der Waals surface area contributed by atoms with Crippen molar-refractivity contribution in [2.24, 2.45) is 0 Å². The zero-order valence-electron chi connectivity index (χ0n) is 11.3. The first-order chi connectivity index (χ1) is 9.24. The van der Waals surface area contributed by atoms with E-state index >= 15 is 0 Å². The summed E-state index contributed by atoms with van der Waals surface area (Å²) in [5, 5.41) is 4.91. The molecule has 0 aliphatic heterocycles. The number of nitrogen functional groups attached to an aromatic ring is 1. The lowest BCUT2D eigenvalue weighted by atomic mass is 10.2. The Bertz CT molecular complexity index is 626. The highest BCUT2D eigenvalue weighted by Gasteiger charge is 2.14. The van der Waals surface area contributed by atoms with Gasteiger partial charge in [-0.15, -0.1) is 0 Å². The Labute approximate surface area is 117 Å². The van der Waals surface area contributed by atoms with Crippen LogP contribution in [0.1, 0.15) is 17.3 Å². The number of rotatable bonds is 5. The highest BCUT2D eigenvalue weighted by molar-refractivity contribution is 7.90. The first kappa shape index (κ1) is 16.0. The van der Waals surface area contributed by atoms with Gasteiger partial charge in [-0.2, -0.15) is 0 Å². The van der Waals surface area contributed by atoms with Crippen LogP contribution >= 0.6 is 0 Å². The molecule has 0 aliphatic carbocycles. The maximum absolute atomic E-state index is 11.8. The molecule has 110 valence electrons. The number of carbonyl (C=O) groups excluding carboxylic acids is 2. The van der Waals surface area contributed by atoms with Gasteiger partial charge in [0, 0.05) is 24.1 Å². The molecule has 0 unspecified atom stereocenters. The van der Waals surface area contributed by atoms with E-state index < -0.39 is 15.7 Å². The molecule has 0 saturated carbocycles. The van der Waals surface area contributed by atoms with E-state index in [4.69, 9.17) is 5.73 Å². The second kappa shape index (κ2) is 6.38. The Hall–Kier alpha value is -2.09. The predicted octanol–water partition coefficient (Wildman–Crippen LogP) is -0.462. The summed E-state index contributed by atoms with van der Waals surface area (Å²) in [6, 6.07) is 3.84. The topological polar surface area (TPSA) is 118 Å². The summed E-state index contributed by atoms with van der Waals surface area (Å²) in [7, 11) is -3.46. The quantitative estimate of drug-likeness (QED) is 0.636. The van der Waals surface area contributed by atoms with Crippen molar-refractivity contribution >= 4 is 27.3 Å². The Kier molecular flexibility index (Phi) is 5.09. The molecular weight excluding hydrogens is 282 g/mol. The molecule has 1 aromatic rings. The lowest BCUT2D eigenvalue weighted by molar-refractivity contribution is -0.120. The van der Waals surface area contributed by atoms with Crippen molar-refractivity contribution in [1.29, 1.82) is 0 Å². The zero-order chi connectivity index (χ0) is 15.3. The van der Waals surface area contributed by atoms with E-state index in [1.54, 1.807) is 6.92 Å². The number of carbonyl (C=O) groups is 2. The molecule has 0 fully saturated rings. The SMILES string of the molecule is CCNC(=O)CNC(=O)c1cc(N)cc(S(C)(=O)=O)c1. The van der Waals surface area contributed by atoms with Gasteiger partial charge in [0.25, 0.3) is 5.91 Å². The van der Waals surface area contributed by atoms with E-state index in [0.29, 0.717) is 6.54 Å². The lowest BCUT2D eigenvalue weighted by Crippen LogP contribution is -2.36. The molecule has 1 aromatic carbocycles. The minimum atomic E-state index is -3.46. The molecule has 1 rings (SSSR count). The molecular formula is C12H17N3O4S. The smallest absolute Gasteiger partial charge is 0.251 e. The van der Waals surface area contributed by atoms with Crippen LogP contribution in [0.15, 0.2) is 23.1 Å². The van der Waals surface area contributed by atoms with Gasteiger partial charge in [-0.05, 0) is 25.1 Å². The van der Waals surface area contributed by atoms with E-state index in [1.165, 1.54) is 18.2 Å². The molecule has 0 radical (unpaired) electrons. The van der Waals surface area contributed by atoms with Crippen LogP contribution in [0.3, 0.4) is 0 Å². The fourth-order valence-corrected chi connectivity index (χ4v) is 2.18. The van der Waals surface area contributed by atoms with Gasteiger partial charge in [-0.3, -0.25) is 9.59 Å². The molecule has 0 bridgehead atoms. The molecule has 2 amide bonds. The third-order valence-corrected chi connectivity index (χ3v) is 3.49. The van der Waals surface area contributed by atoms with Crippen LogP contribution in [0, 0.1) is 0 Å². The molecule has 8 heteroatoms. The van der Waals surface area contributed by atoms with Crippen LogP contribution in [0.25, 0.3) is 0 Å². The highest BCUT2D eigenvalue weighted by atomic mass is 32.2. The van der Waals surface area contributed by atoms with Gasteiger partial charge in [0.2, 0.25) is 5.91 Å². The standard InChI is InChI=1S/C12H17N3O4S/c1-3-14-11(16)7-15-12(17)8-4-9(13)6-10(5-8)20(2,18)19/h4-6H,3,7,13H2,1-2H3,(H,14,16)(H,15,17). The number of sulfone groups is 1. The summed E-state index contributed by atoms with van der Waals surface area (Å²) in [5.74, 6) is -0.887. The largest absolute Gasteiger partial charge is 0.399 e. The van der Waals surface area contributed by atoms with Crippen molar-refractivity contribution in [1.82, 2.24) is 10.6 Å². The number of likely N-dealkylation sites (N-methyl/N-ethyl adjacent to an activating group) is 1. The molecule has 7 nitrogen and oxygen atoms in total. The average Bonchev–Trinajstić information content (AvgIpc) is 2.34. The first-order valence-electron chi connectivity index (χ1n) is 5.89. The number of anilines is 1. The summed E-state index contributed by atoms with van der Waals surface area (Å²) in [6.45, 7) is 2.04. The van der Waals surface area contributed by atoms with E-state index in [9.17, 15) is 18.0 Å². The minimum Gasteiger partial charge on any atom is -0.399 e. The molecule has 0 spiro atoms. The van der Waals surface area contributed by atoms with Gasteiger partial charge in [-0.1, -0.05) is 0 Å². The van der Waals surface area contributed by atoms with E-state index in [-0.39, 0.29) is 28.6 Å². The van der Waals surface area contributed by atoms with E-state index in [0.717, 1.165) is 6.26 Å². The van der Waals surface area contributed by atoms with Crippen molar-refractivity contribution in [3.63, 3.8) is 0 Å². The number of amides is 2.